The third-order valence-electron chi connectivity index (χ3n) is 2.50. The monoisotopic (exact) mass is 145 g/mol. The lowest BCUT2D eigenvalue weighted by molar-refractivity contribution is 0.0179. The molecule has 0 saturated carbocycles. The summed E-state index contributed by atoms with van der Waals surface area (Å²) in [7, 11) is 0. The van der Waals surface area contributed by atoms with E-state index >= 15 is 0 Å². The Morgan fingerprint density at radius 3 is 2.70 bits per heavy atom. The van der Waals surface area contributed by atoms with Gasteiger partial charge in [0.1, 0.15) is 5.67 Å². The van der Waals surface area contributed by atoms with Crippen LogP contribution in [0.25, 0.3) is 0 Å². The summed E-state index contributed by atoms with van der Waals surface area (Å²) in [5, 5.41) is 2.95. The van der Waals surface area contributed by atoms with Crippen molar-refractivity contribution in [3.05, 3.63) is 0 Å². The molecule has 10 heavy (non-hydrogen) atoms. The van der Waals surface area contributed by atoms with Gasteiger partial charge in [-0.3, -0.25) is 0 Å². The van der Waals surface area contributed by atoms with Gasteiger partial charge in [0.05, 0.1) is 6.61 Å². The van der Waals surface area contributed by atoms with Gasteiger partial charge >= 0.3 is 0 Å². The van der Waals surface area contributed by atoms with E-state index in [1.807, 2.05) is 0 Å². The molecular formula is C7H12FNO. The highest BCUT2D eigenvalue weighted by Gasteiger charge is 2.45. The molecular weight excluding hydrogens is 133 g/mol. The van der Waals surface area contributed by atoms with E-state index in [0.717, 1.165) is 13.0 Å². The minimum absolute atomic E-state index is 0.161. The number of hydrogen-bond donors (Lipinski definition) is 1. The quantitative estimate of drug-likeness (QED) is 0.574. The van der Waals surface area contributed by atoms with Crippen LogP contribution >= 0.6 is 0 Å². The maximum atomic E-state index is 13.5. The third kappa shape index (κ3) is 0.847. The summed E-state index contributed by atoms with van der Waals surface area (Å²) >= 11 is 0. The van der Waals surface area contributed by atoms with E-state index in [4.69, 9.17) is 4.74 Å². The van der Waals surface area contributed by atoms with Gasteiger partial charge in [0.25, 0.3) is 0 Å². The lowest BCUT2D eigenvalue weighted by atomic mass is 9.84. The largest absolute Gasteiger partial charge is 0.381 e. The van der Waals surface area contributed by atoms with Crippen molar-refractivity contribution in [1.82, 2.24) is 5.32 Å². The van der Waals surface area contributed by atoms with E-state index in [2.05, 4.69) is 5.32 Å². The maximum absolute atomic E-state index is 13.5. The van der Waals surface area contributed by atoms with Gasteiger partial charge in [-0.05, 0) is 6.42 Å². The lowest BCUT2D eigenvalue weighted by Crippen LogP contribution is -2.60. The number of hydrogen-bond acceptors (Lipinski definition) is 2. The van der Waals surface area contributed by atoms with Gasteiger partial charge in [-0.1, -0.05) is 0 Å². The zero-order valence-corrected chi connectivity index (χ0v) is 5.90. The van der Waals surface area contributed by atoms with E-state index in [1.54, 1.807) is 0 Å². The highest BCUT2D eigenvalue weighted by molar-refractivity contribution is 4.99. The second-order valence-corrected chi connectivity index (χ2v) is 3.20. The van der Waals surface area contributed by atoms with Crippen molar-refractivity contribution in [3.63, 3.8) is 0 Å². The van der Waals surface area contributed by atoms with Crippen LogP contribution in [0.3, 0.4) is 0 Å². The fraction of sp³-hybridized carbons (Fsp3) is 1.00. The zero-order valence-electron chi connectivity index (χ0n) is 5.90. The van der Waals surface area contributed by atoms with Crippen molar-refractivity contribution in [2.45, 2.75) is 12.1 Å². The Kier molecular flexibility index (Phi) is 1.42. The van der Waals surface area contributed by atoms with Crippen molar-refractivity contribution in [1.29, 1.82) is 0 Å². The van der Waals surface area contributed by atoms with Gasteiger partial charge in [0.2, 0.25) is 0 Å². The summed E-state index contributed by atoms with van der Waals surface area (Å²) < 4.78 is 18.6. The number of alkyl halides is 1. The molecule has 0 spiro atoms. The molecule has 3 heteroatoms. The molecule has 2 fully saturated rings. The molecule has 0 bridgehead atoms. The summed E-state index contributed by atoms with van der Waals surface area (Å²) in [5.41, 5.74) is -0.934. The summed E-state index contributed by atoms with van der Waals surface area (Å²) in [6.45, 7) is 2.43. The van der Waals surface area contributed by atoms with Crippen LogP contribution in [-0.2, 0) is 4.74 Å². The Hall–Kier alpha value is -0.150. The number of rotatable bonds is 1. The molecule has 2 aliphatic rings. The Balaban J connectivity index is 1.96. The summed E-state index contributed by atoms with van der Waals surface area (Å²) in [5.74, 6) is 0.161. The topological polar surface area (TPSA) is 21.3 Å². The first kappa shape index (κ1) is 6.55. The van der Waals surface area contributed by atoms with Crippen LogP contribution in [0.2, 0.25) is 0 Å². The van der Waals surface area contributed by atoms with Gasteiger partial charge in [-0.15, -0.1) is 0 Å². The highest BCUT2D eigenvalue weighted by Crippen LogP contribution is 2.32. The average Bonchev–Trinajstić information content (AvgIpc) is 2.33. The Bertz CT molecular complexity index is 130. The van der Waals surface area contributed by atoms with Crippen LogP contribution < -0.4 is 5.32 Å². The highest BCUT2D eigenvalue weighted by atomic mass is 19.1. The normalized spacial score (nSPS) is 37.5. The molecule has 2 saturated heterocycles. The molecule has 2 heterocycles. The van der Waals surface area contributed by atoms with E-state index in [9.17, 15) is 4.39 Å². The lowest BCUT2D eigenvalue weighted by Gasteiger charge is -2.39. The van der Waals surface area contributed by atoms with Crippen LogP contribution in [0.15, 0.2) is 0 Å². The molecule has 0 aromatic rings. The minimum atomic E-state index is -0.934. The summed E-state index contributed by atoms with van der Waals surface area (Å²) in [6.07, 6.45) is 0.901. The van der Waals surface area contributed by atoms with Crippen LogP contribution in [-0.4, -0.2) is 32.0 Å². The van der Waals surface area contributed by atoms with Crippen molar-refractivity contribution >= 4 is 0 Å². The molecule has 2 nitrogen and oxygen atoms in total. The second-order valence-electron chi connectivity index (χ2n) is 3.20. The van der Waals surface area contributed by atoms with Gasteiger partial charge in [0.15, 0.2) is 0 Å². The minimum Gasteiger partial charge on any atom is -0.381 e. The van der Waals surface area contributed by atoms with E-state index < -0.39 is 5.67 Å². The molecule has 0 unspecified atom stereocenters. The standard InChI is InChI=1S/C7H12FNO/c8-7(4-9-5-7)6-1-2-10-3-6/h6,9H,1-5H2/t6-/m1/s1. The van der Waals surface area contributed by atoms with Gasteiger partial charge in [0, 0.05) is 25.6 Å². The SMILES string of the molecule is FC1([C@@H]2CCOC2)CNC1. The van der Waals surface area contributed by atoms with Crippen LogP contribution in [0.1, 0.15) is 6.42 Å². The number of ether oxygens (including phenoxy) is 1. The van der Waals surface area contributed by atoms with Gasteiger partial charge in [-0.2, -0.15) is 0 Å². The number of halogens is 1. The van der Waals surface area contributed by atoms with Crippen molar-refractivity contribution < 1.29 is 9.13 Å². The second kappa shape index (κ2) is 2.17. The fourth-order valence-electron chi connectivity index (χ4n) is 1.60. The molecule has 1 atom stereocenters. The first-order valence-electron chi connectivity index (χ1n) is 3.79. The van der Waals surface area contributed by atoms with Crippen molar-refractivity contribution in [3.8, 4) is 0 Å². The Morgan fingerprint density at radius 2 is 2.30 bits per heavy atom. The Morgan fingerprint density at radius 1 is 1.50 bits per heavy atom. The Labute approximate surface area is 59.7 Å². The maximum Gasteiger partial charge on any atom is 0.140 e. The summed E-state index contributed by atoms with van der Waals surface area (Å²) in [4.78, 5) is 0. The van der Waals surface area contributed by atoms with Gasteiger partial charge in [-0.25, -0.2) is 4.39 Å². The van der Waals surface area contributed by atoms with Crippen LogP contribution in [0.5, 0.6) is 0 Å². The average molecular weight is 145 g/mol. The summed E-state index contributed by atoms with van der Waals surface area (Å²) in [6, 6.07) is 0. The first-order valence-corrected chi connectivity index (χ1v) is 3.79. The smallest absolute Gasteiger partial charge is 0.140 e. The zero-order chi connectivity index (χ0) is 7.03. The van der Waals surface area contributed by atoms with E-state index in [-0.39, 0.29) is 5.92 Å². The number of nitrogens with one attached hydrogen (secondary N) is 1. The predicted octanol–water partition coefficient (Wildman–Crippen LogP) is 0.334. The molecule has 0 radical (unpaired) electrons. The van der Waals surface area contributed by atoms with Crippen LogP contribution in [0.4, 0.5) is 4.39 Å². The molecule has 1 N–H and O–H groups in total. The molecule has 2 rings (SSSR count). The van der Waals surface area contributed by atoms with Gasteiger partial charge < -0.3 is 10.1 Å². The van der Waals surface area contributed by atoms with Crippen molar-refractivity contribution in [2.24, 2.45) is 5.92 Å². The molecule has 0 amide bonds. The van der Waals surface area contributed by atoms with Crippen LogP contribution in [0, 0.1) is 5.92 Å². The first-order chi connectivity index (χ1) is 4.81. The van der Waals surface area contributed by atoms with E-state index in [0.29, 0.717) is 19.7 Å². The molecule has 0 aromatic carbocycles. The fourth-order valence-corrected chi connectivity index (χ4v) is 1.60. The predicted molar refractivity (Wildman–Crippen MR) is 35.6 cm³/mol. The van der Waals surface area contributed by atoms with E-state index in [1.165, 1.54) is 0 Å². The molecule has 2 aliphatic heterocycles. The molecule has 0 aromatic heterocycles. The van der Waals surface area contributed by atoms with Crippen molar-refractivity contribution in [2.75, 3.05) is 26.3 Å². The molecule has 58 valence electrons. The third-order valence-corrected chi connectivity index (χ3v) is 2.50. The molecule has 0 aliphatic carbocycles.